The summed E-state index contributed by atoms with van der Waals surface area (Å²) in [5.74, 6) is 0.699. The fraction of sp³-hybridized carbons (Fsp3) is 0.294. The quantitative estimate of drug-likeness (QED) is 0.800. The summed E-state index contributed by atoms with van der Waals surface area (Å²) in [5, 5.41) is 3.25. The van der Waals surface area contributed by atoms with Crippen molar-refractivity contribution in [1.29, 1.82) is 0 Å². The van der Waals surface area contributed by atoms with Crippen LogP contribution in [0.2, 0.25) is 0 Å². The molecule has 0 fully saturated rings. The Morgan fingerprint density at radius 1 is 1.20 bits per heavy atom. The van der Waals surface area contributed by atoms with Crippen LogP contribution in [-0.4, -0.2) is 7.05 Å². The van der Waals surface area contributed by atoms with E-state index in [1.807, 2.05) is 20.0 Å². The molecule has 0 saturated carbocycles. The fourth-order valence-electron chi connectivity index (χ4n) is 2.02. The van der Waals surface area contributed by atoms with Gasteiger partial charge in [0.25, 0.3) is 0 Å². The lowest BCUT2D eigenvalue weighted by molar-refractivity contribution is 0.626. The first-order valence-corrected chi connectivity index (χ1v) is 7.74. The van der Waals surface area contributed by atoms with Crippen LogP contribution in [0, 0.1) is 12.7 Å². The number of thioether (sulfide) groups is 1. The molecule has 2 aromatic carbocycles. The number of halogens is 1. The standard InChI is InChI=1S/C17H20FNS/c1-12-9-16(18)8-7-15(12)11-20-17-6-4-5-14(10-17)13(2)19-3/h4-10,13,19H,11H2,1-3H3. The summed E-state index contributed by atoms with van der Waals surface area (Å²) in [6, 6.07) is 13.9. The second-order valence-corrected chi connectivity index (χ2v) is 5.99. The number of hydrogen-bond donors (Lipinski definition) is 1. The van der Waals surface area contributed by atoms with Crippen molar-refractivity contribution in [3.8, 4) is 0 Å². The maximum Gasteiger partial charge on any atom is 0.123 e. The van der Waals surface area contributed by atoms with Gasteiger partial charge in [0.1, 0.15) is 5.82 Å². The monoisotopic (exact) mass is 289 g/mol. The van der Waals surface area contributed by atoms with Gasteiger partial charge in [0, 0.05) is 16.7 Å². The largest absolute Gasteiger partial charge is 0.313 e. The molecule has 0 aliphatic heterocycles. The highest BCUT2D eigenvalue weighted by molar-refractivity contribution is 7.98. The molecule has 1 unspecified atom stereocenters. The van der Waals surface area contributed by atoms with Crippen molar-refractivity contribution in [3.05, 3.63) is 65.0 Å². The first-order chi connectivity index (χ1) is 9.60. The molecule has 0 aromatic heterocycles. The topological polar surface area (TPSA) is 12.0 Å². The van der Waals surface area contributed by atoms with Gasteiger partial charge in [0.05, 0.1) is 0 Å². The number of hydrogen-bond acceptors (Lipinski definition) is 2. The minimum atomic E-state index is -0.166. The van der Waals surface area contributed by atoms with Crippen LogP contribution < -0.4 is 5.32 Å². The Bertz CT molecular complexity index is 583. The van der Waals surface area contributed by atoms with Crippen molar-refractivity contribution in [2.75, 3.05) is 7.05 Å². The molecular formula is C17H20FNS. The van der Waals surface area contributed by atoms with Crippen LogP contribution in [-0.2, 0) is 5.75 Å². The summed E-state index contributed by atoms with van der Waals surface area (Å²) in [6.07, 6.45) is 0. The molecule has 2 rings (SSSR count). The molecule has 0 spiro atoms. The molecule has 3 heteroatoms. The maximum atomic E-state index is 13.1. The molecule has 0 aliphatic rings. The summed E-state index contributed by atoms with van der Waals surface area (Å²) in [6.45, 7) is 4.10. The van der Waals surface area contributed by atoms with E-state index in [0.29, 0.717) is 6.04 Å². The van der Waals surface area contributed by atoms with Crippen LogP contribution in [0.1, 0.15) is 29.7 Å². The average molecular weight is 289 g/mol. The Morgan fingerprint density at radius 3 is 2.70 bits per heavy atom. The molecule has 0 aliphatic carbocycles. The van der Waals surface area contributed by atoms with Crippen LogP contribution in [0.4, 0.5) is 4.39 Å². The van der Waals surface area contributed by atoms with Gasteiger partial charge < -0.3 is 5.32 Å². The predicted molar refractivity (Wildman–Crippen MR) is 84.6 cm³/mol. The van der Waals surface area contributed by atoms with E-state index in [1.54, 1.807) is 17.8 Å². The number of aryl methyl sites for hydroxylation is 1. The molecule has 106 valence electrons. The summed E-state index contributed by atoms with van der Waals surface area (Å²) in [4.78, 5) is 1.24. The highest BCUT2D eigenvalue weighted by Crippen LogP contribution is 2.26. The lowest BCUT2D eigenvalue weighted by atomic mass is 10.1. The number of rotatable bonds is 5. The third-order valence-electron chi connectivity index (χ3n) is 3.49. The molecule has 0 bridgehead atoms. The Labute approximate surface area is 124 Å². The third-order valence-corrected chi connectivity index (χ3v) is 4.53. The average Bonchev–Trinajstić information content (AvgIpc) is 2.46. The van der Waals surface area contributed by atoms with Gasteiger partial charge in [-0.3, -0.25) is 0 Å². The summed E-state index contributed by atoms with van der Waals surface area (Å²) in [7, 11) is 1.96. The molecule has 0 radical (unpaired) electrons. The van der Waals surface area contributed by atoms with Crippen LogP contribution >= 0.6 is 11.8 Å². The van der Waals surface area contributed by atoms with Gasteiger partial charge in [-0.2, -0.15) is 0 Å². The van der Waals surface area contributed by atoms with Crippen molar-refractivity contribution < 1.29 is 4.39 Å². The summed E-state index contributed by atoms with van der Waals surface area (Å²) >= 11 is 1.79. The van der Waals surface area contributed by atoms with Crippen LogP contribution in [0.15, 0.2) is 47.4 Å². The van der Waals surface area contributed by atoms with Gasteiger partial charge in [-0.25, -0.2) is 4.39 Å². The van der Waals surface area contributed by atoms with Crippen molar-refractivity contribution in [3.63, 3.8) is 0 Å². The molecule has 1 nitrogen and oxygen atoms in total. The van der Waals surface area contributed by atoms with Gasteiger partial charge in [0.2, 0.25) is 0 Å². The summed E-state index contributed by atoms with van der Waals surface area (Å²) in [5.41, 5.74) is 3.48. The van der Waals surface area contributed by atoms with E-state index in [0.717, 1.165) is 11.3 Å². The van der Waals surface area contributed by atoms with Crippen molar-refractivity contribution in [2.45, 2.75) is 30.5 Å². The molecule has 0 heterocycles. The van der Waals surface area contributed by atoms with Crippen LogP contribution in [0.25, 0.3) is 0 Å². The second kappa shape index (κ2) is 6.91. The lowest BCUT2D eigenvalue weighted by Gasteiger charge is -2.12. The molecule has 2 aromatic rings. The molecule has 1 atom stereocenters. The number of benzene rings is 2. The van der Waals surface area contributed by atoms with Gasteiger partial charge in [-0.15, -0.1) is 11.8 Å². The lowest BCUT2D eigenvalue weighted by Crippen LogP contribution is -2.11. The van der Waals surface area contributed by atoms with Crippen molar-refractivity contribution >= 4 is 11.8 Å². The molecule has 0 amide bonds. The van der Waals surface area contributed by atoms with E-state index < -0.39 is 0 Å². The second-order valence-electron chi connectivity index (χ2n) is 4.94. The van der Waals surface area contributed by atoms with Gasteiger partial charge in [-0.05, 0) is 61.9 Å². The van der Waals surface area contributed by atoms with E-state index in [4.69, 9.17) is 0 Å². The van der Waals surface area contributed by atoms with Crippen LogP contribution in [0.3, 0.4) is 0 Å². The van der Waals surface area contributed by atoms with E-state index in [2.05, 4.69) is 36.5 Å². The predicted octanol–water partition coefficient (Wildman–Crippen LogP) is 4.71. The maximum absolute atomic E-state index is 13.1. The fourth-order valence-corrected chi connectivity index (χ4v) is 3.06. The molecule has 20 heavy (non-hydrogen) atoms. The Hall–Kier alpha value is -1.32. The third kappa shape index (κ3) is 3.84. The zero-order valence-electron chi connectivity index (χ0n) is 12.1. The normalized spacial score (nSPS) is 12.4. The SMILES string of the molecule is CNC(C)c1cccc(SCc2ccc(F)cc2C)c1. The van der Waals surface area contributed by atoms with Gasteiger partial charge in [0.15, 0.2) is 0 Å². The first-order valence-electron chi connectivity index (χ1n) is 6.75. The Morgan fingerprint density at radius 2 is 2.00 bits per heavy atom. The first kappa shape index (κ1) is 15.1. The van der Waals surface area contributed by atoms with Crippen molar-refractivity contribution in [2.24, 2.45) is 0 Å². The zero-order valence-corrected chi connectivity index (χ0v) is 12.9. The Balaban J connectivity index is 2.07. The zero-order chi connectivity index (χ0) is 14.5. The van der Waals surface area contributed by atoms with E-state index in [1.165, 1.54) is 22.1 Å². The van der Waals surface area contributed by atoms with E-state index in [-0.39, 0.29) is 5.82 Å². The smallest absolute Gasteiger partial charge is 0.123 e. The molecule has 1 N–H and O–H groups in total. The minimum Gasteiger partial charge on any atom is -0.313 e. The van der Waals surface area contributed by atoms with Crippen molar-refractivity contribution in [1.82, 2.24) is 5.32 Å². The summed E-state index contributed by atoms with van der Waals surface area (Å²) < 4.78 is 13.1. The van der Waals surface area contributed by atoms with Gasteiger partial charge >= 0.3 is 0 Å². The van der Waals surface area contributed by atoms with E-state index in [9.17, 15) is 4.39 Å². The van der Waals surface area contributed by atoms with Gasteiger partial charge in [-0.1, -0.05) is 18.2 Å². The van der Waals surface area contributed by atoms with E-state index >= 15 is 0 Å². The van der Waals surface area contributed by atoms with Crippen LogP contribution in [0.5, 0.6) is 0 Å². The molecule has 0 saturated heterocycles. The minimum absolute atomic E-state index is 0.166. The molecular weight excluding hydrogens is 269 g/mol. The highest BCUT2D eigenvalue weighted by atomic mass is 32.2. The Kier molecular flexibility index (Phi) is 5.21. The highest BCUT2D eigenvalue weighted by Gasteiger charge is 2.05. The number of nitrogens with one attached hydrogen (secondary N) is 1.